The highest BCUT2D eigenvalue weighted by molar-refractivity contribution is 5.76. The quantitative estimate of drug-likeness (QED) is 0.703. The van der Waals surface area contributed by atoms with Crippen molar-refractivity contribution >= 4 is 5.91 Å². The van der Waals surface area contributed by atoms with E-state index in [9.17, 15) is 4.79 Å². The zero-order valence-corrected chi connectivity index (χ0v) is 10.1. The zero-order valence-electron chi connectivity index (χ0n) is 10.1. The summed E-state index contributed by atoms with van der Waals surface area (Å²) in [5, 5.41) is 3.27. The second-order valence-corrected chi connectivity index (χ2v) is 4.56. The fraction of sp³-hybridized carbons (Fsp3) is 0.917. The van der Waals surface area contributed by atoms with E-state index in [-0.39, 0.29) is 0 Å². The number of carbonyl (C=O) groups excluding carboxylic acids is 1. The Hall–Kier alpha value is -0.570. The van der Waals surface area contributed by atoms with E-state index in [0.717, 1.165) is 38.5 Å². The molecule has 0 saturated carbocycles. The molecule has 0 aromatic heterocycles. The first kappa shape index (κ1) is 12.5. The van der Waals surface area contributed by atoms with Gasteiger partial charge in [0.15, 0.2) is 0 Å². The summed E-state index contributed by atoms with van der Waals surface area (Å²) in [6, 6.07) is 0. The van der Waals surface area contributed by atoms with Gasteiger partial charge in [0.1, 0.15) is 0 Å². The van der Waals surface area contributed by atoms with Crippen molar-refractivity contribution in [3.8, 4) is 0 Å². The summed E-state index contributed by atoms with van der Waals surface area (Å²) in [6.07, 6.45) is 4.14. The average molecular weight is 212 g/mol. The van der Waals surface area contributed by atoms with Gasteiger partial charge < -0.3 is 10.2 Å². The van der Waals surface area contributed by atoms with Gasteiger partial charge in [0.05, 0.1) is 0 Å². The molecule has 15 heavy (non-hydrogen) atoms. The lowest BCUT2D eigenvalue weighted by atomic mass is 9.99. The molecule has 1 N–H and O–H groups in total. The molecule has 1 saturated heterocycles. The summed E-state index contributed by atoms with van der Waals surface area (Å²) in [4.78, 5) is 13.8. The molecule has 0 atom stereocenters. The number of likely N-dealkylation sites (tertiary alicyclic amines) is 1. The molecule has 0 aromatic carbocycles. The Morgan fingerprint density at radius 2 is 2.00 bits per heavy atom. The molecule has 0 spiro atoms. The number of piperidine rings is 1. The molecule has 0 unspecified atom stereocenters. The number of hydrogen-bond donors (Lipinski definition) is 1. The van der Waals surface area contributed by atoms with E-state index in [4.69, 9.17) is 0 Å². The van der Waals surface area contributed by atoms with E-state index in [2.05, 4.69) is 19.2 Å². The lowest BCUT2D eigenvalue weighted by molar-refractivity contribution is -0.132. The predicted octanol–water partition coefficient (Wildman–Crippen LogP) is 1.63. The number of carbonyl (C=O) groups is 1. The number of amides is 1. The van der Waals surface area contributed by atoms with Gasteiger partial charge in [-0.05, 0) is 31.7 Å². The van der Waals surface area contributed by atoms with Gasteiger partial charge in [-0.15, -0.1) is 0 Å². The topological polar surface area (TPSA) is 32.3 Å². The lowest BCUT2D eigenvalue weighted by Crippen LogP contribution is -2.39. The first-order chi connectivity index (χ1) is 7.24. The highest BCUT2D eigenvalue weighted by atomic mass is 16.2. The van der Waals surface area contributed by atoms with Crippen molar-refractivity contribution in [2.45, 2.75) is 39.5 Å². The van der Waals surface area contributed by atoms with Crippen molar-refractivity contribution in [3.05, 3.63) is 0 Å². The summed E-state index contributed by atoms with van der Waals surface area (Å²) in [7, 11) is 0. The van der Waals surface area contributed by atoms with Crippen LogP contribution in [0.1, 0.15) is 39.5 Å². The van der Waals surface area contributed by atoms with Gasteiger partial charge in [-0.1, -0.05) is 13.8 Å². The monoisotopic (exact) mass is 212 g/mol. The summed E-state index contributed by atoms with van der Waals surface area (Å²) in [6.45, 7) is 8.19. The summed E-state index contributed by atoms with van der Waals surface area (Å²) in [5.74, 6) is 1.12. The van der Waals surface area contributed by atoms with Crippen LogP contribution < -0.4 is 5.32 Å². The minimum atomic E-state index is 0.325. The van der Waals surface area contributed by atoms with Crippen molar-refractivity contribution in [3.63, 3.8) is 0 Å². The third-order valence-electron chi connectivity index (χ3n) is 3.08. The first-order valence-electron chi connectivity index (χ1n) is 6.22. The predicted molar refractivity (Wildman–Crippen MR) is 62.8 cm³/mol. The van der Waals surface area contributed by atoms with Crippen LogP contribution in [0.4, 0.5) is 0 Å². The minimum Gasteiger partial charge on any atom is -0.343 e. The molecule has 1 aliphatic heterocycles. The second kappa shape index (κ2) is 6.83. The molecule has 3 heteroatoms. The van der Waals surface area contributed by atoms with E-state index in [1.165, 1.54) is 12.8 Å². The molecule has 88 valence electrons. The Morgan fingerprint density at radius 1 is 1.33 bits per heavy atom. The van der Waals surface area contributed by atoms with Crippen LogP contribution in [0.15, 0.2) is 0 Å². The van der Waals surface area contributed by atoms with E-state index in [0.29, 0.717) is 12.3 Å². The Bertz CT molecular complexity index is 186. The molecule has 1 heterocycles. The average Bonchev–Trinajstić information content (AvgIpc) is 2.25. The summed E-state index contributed by atoms with van der Waals surface area (Å²) in [5.41, 5.74) is 0. The molecular weight excluding hydrogens is 188 g/mol. The maximum Gasteiger partial charge on any atom is 0.223 e. The summed E-state index contributed by atoms with van der Waals surface area (Å²) < 4.78 is 0. The molecule has 1 amide bonds. The van der Waals surface area contributed by atoms with Crippen LogP contribution in [0.5, 0.6) is 0 Å². The van der Waals surface area contributed by atoms with Crippen LogP contribution in [0.3, 0.4) is 0 Å². The van der Waals surface area contributed by atoms with E-state index in [1.807, 2.05) is 4.90 Å². The highest BCUT2D eigenvalue weighted by Gasteiger charge is 2.19. The summed E-state index contributed by atoms with van der Waals surface area (Å²) >= 11 is 0. The molecule has 1 fully saturated rings. The molecule has 0 bridgehead atoms. The number of nitrogens with one attached hydrogen (secondary N) is 1. The van der Waals surface area contributed by atoms with Crippen LogP contribution >= 0.6 is 0 Å². The van der Waals surface area contributed by atoms with Crippen molar-refractivity contribution < 1.29 is 4.79 Å². The van der Waals surface area contributed by atoms with Crippen LogP contribution in [0.25, 0.3) is 0 Å². The third-order valence-corrected chi connectivity index (χ3v) is 3.08. The zero-order chi connectivity index (χ0) is 11.1. The van der Waals surface area contributed by atoms with Gasteiger partial charge in [-0.25, -0.2) is 0 Å². The van der Waals surface area contributed by atoms with Gasteiger partial charge in [-0.3, -0.25) is 4.79 Å². The number of hydrogen-bond acceptors (Lipinski definition) is 2. The number of nitrogens with zero attached hydrogens (tertiary/aromatic N) is 1. The molecule has 0 aromatic rings. The molecule has 0 radical (unpaired) electrons. The van der Waals surface area contributed by atoms with Gasteiger partial charge >= 0.3 is 0 Å². The SMILES string of the molecule is CCCNCCC(=O)N1CCC(C)CC1. The molecule has 3 nitrogen and oxygen atoms in total. The maximum atomic E-state index is 11.8. The maximum absolute atomic E-state index is 11.8. The Labute approximate surface area is 93.2 Å². The van der Waals surface area contributed by atoms with Crippen molar-refractivity contribution in [2.75, 3.05) is 26.2 Å². The van der Waals surface area contributed by atoms with Crippen LogP contribution in [0, 0.1) is 5.92 Å². The molecule has 1 aliphatic rings. The molecule has 0 aliphatic carbocycles. The van der Waals surface area contributed by atoms with Gasteiger partial charge in [0, 0.05) is 26.1 Å². The molecule has 1 rings (SSSR count). The first-order valence-corrected chi connectivity index (χ1v) is 6.22. The Morgan fingerprint density at radius 3 is 2.60 bits per heavy atom. The second-order valence-electron chi connectivity index (χ2n) is 4.56. The van der Waals surface area contributed by atoms with Gasteiger partial charge in [-0.2, -0.15) is 0 Å². The normalized spacial score (nSPS) is 18.1. The standard InChI is InChI=1S/C12H24N2O/c1-3-7-13-8-4-12(15)14-9-5-11(2)6-10-14/h11,13H,3-10H2,1-2H3. The smallest absolute Gasteiger partial charge is 0.223 e. The Balaban J connectivity index is 2.11. The van der Waals surface area contributed by atoms with Crippen molar-refractivity contribution in [2.24, 2.45) is 5.92 Å². The minimum absolute atomic E-state index is 0.325. The third kappa shape index (κ3) is 4.65. The van der Waals surface area contributed by atoms with E-state index < -0.39 is 0 Å². The lowest BCUT2D eigenvalue weighted by Gasteiger charge is -2.30. The van der Waals surface area contributed by atoms with Crippen LogP contribution in [-0.4, -0.2) is 37.0 Å². The fourth-order valence-corrected chi connectivity index (χ4v) is 1.91. The fourth-order valence-electron chi connectivity index (χ4n) is 1.91. The van der Waals surface area contributed by atoms with Gasteiger partial charge in [0.25, 0.3) is 0 Å². The highest BCUT2D eigenvalue weighted by Crippen LogP contribution is 2.16. The van der Waals surface area contributed by atoms with Crippen LogP contribution in [0.2, 0.25) is 0 Å². The molecular formula is C12H24N2O. The van der Waals surface area contributed by atoms with Gasteiger partial charge in [0.2, 0.25) is 5.91 Å². The van der Waals surface area contributed by atoms with E-state index >= 15 is 0 Å². The van der Waals surface area contributed by atoms with Crippen LogP contribution in [-0.2, 0) is 4.79 Å². The van der Waals surface area contributed by atoms with Crippen molar-refractivity contribution in [1.82, 2.24) is 10.2 Å². The Kier molecular flexibility index (Phi) is 5.69. The number of rotatable bonds is 5. The van der Waals surface area contributed by atoms with E-state index in [1.54, 1.807) is 0 Å². The van der Waals surface area contributed by atoms with Crippen molar-refractivity contribution in [1.29, 1.82) is 0 Å². The largest absolute Gasteiger partial charge is 0.343 e.